The first kappa shape index (κ1) is 14.5. The van der Waals surface area contributed by atoms with Crippen molar-refractivity contribution in [1.82, 2.24) is 5.32 Å². The van der Waals surface area contributed by atoms with E-state index < -0.39 is 0 Å². The average molecular weight is 304 g/mol. The molecule has 0 aromatic heterocycles. The molecule has 0 saturated carbocycles. The standard InChI is InChI=1S/C13H19BrFNO/c1-2-7-16-8-3-4-9-17-11-5-6-13(15)12(14)10-11/h5-6,10,16H,2-4,7-9H2,1H3. The van der Waals surface area contributed by atoms with Gasteiger partial charge in [-0.2, -0.15) is 0 Å². The Morgan fingerprint density at radius 1 is 1.29 bits per heavy atom. The summed E-state index contributed by atoms with van der Waals surface area (Å²) in [6.45, 7) is 4.93. The lowest BCUT2D eigenvalue weighted by molar-refractivity contribution is 0.305. The van der Waals surface area contributed by atoms with E-state index in [1.54, 1.807) is 12.1 Å². The number of benzene rings is 1. The van der Waals surface area contributed by atoms with Crippen LogP contribution < -0.4 is 10.1 Å². The fraction of sp³-hybridized carbons (Fsp3) is 0.538. The molecule has 96 valence electrons. The van der Waals surface area contributed by atoms with Gasteiger partial charge in [-0.05, 0) is 66.5 Å². The molecule has 1 N–H and O–H groups in total. The largest absolute Gasteiger partial charge is 0.494 e. The van der Waals surface area contributed by atoms with Crippen LogP contribution >= 0.6 is 15.9 Å². The summed E-state index contributed by atoms with van der Waals surface area (Å²) >= 11 is 3.13. The maximum absolute atomic E-state index is 12.9. The van der Waals surface area contributed by atoms with E-state index in [2.05, 4.69) is 28.2 Å². The zero-order valence-corrected chi connectivity index (χ0v) is 11.7. The highest BCUT2D eigenvalue weighted by Gasteiger charge is 2.00. The molecule has 0 atom stereocenters. The highest BCUT2D eigenvalue weighted by molar-refractivity contribution is 9.10. The highest BCUT2D eigenvalue weighted by atomic mass is 79.9. The summed E-state index contributed by atoms with van der Waals surface area (Å²) in [4.78, 5) is 0. The van der Waals surface area contributed by atoms with E-state index in [4.69, 9.17) is 4.74 Å². The minimum atomic E-state index is -0.263. The molecule has 17 heavy (non-hydrogen) atoms. The van der Waals surface area contributed by atoms with Gasteiger partial charge in [-0.15, -0.1) is 0 Å². The molecular formula is C13H19BrFNO. The van der Waals surface area contributed by atoms with Gasteiger partial charge in [-0.25, -0.2) is 4.39 Å². The SMILES string of the molecule is CCCNCCCCOc1ccc(F)c(Br)c1. The molecule has 2 nitrogen and oxygen atoms in total. The van der Waals surface area contributed by atoms with Crippen LogP contribution in [0.3, 0.4) is 0 Å². The summed E-state index contributed by atoms with van der Waals surface area (Å²) in [6.07, 6.45) is 3.27. The molecule has 4 heteroatoms. The molecule has 1 aromatic carbocycles. The smallest absolute Gasteiger partial charge is 0.137 e. The average Bonchev–Trinajstić information content (AvgIpc) is 2.32. The van der Waals surface area contributed by atoms with Crippen molar-refractivity contribution < 1.29 is 9.13 Å². The number of nitrogens with one attached hydrogen (secondary N) is 1. The molecule has 0 spiro atoms. The van der Waals surface area contributed by atoms with Gasteiger partial charge in [0.2, 0.25) is 0 Å². The van der Waals surface area contributed by atoms with Crippen LogP contribution in [0.25, 0.3) is 0 Å². The molecule has 0 aliphatic rings. The number of hydrogen-bond donors (Lipinski definition) is 1. The Morgan fingerprint density at radius 3 is 2.82 bits per heavy atom. The van der Waals surface area contributed by atoms with Crippen molar-refractivity contribution >= 4 is 15.9 Å². The number of unbranched alkanes of at least 4 members (excludes halogenated alkanes) is 1. The second-order valence-corrected chi connectivity index (χ2v) is 4.74. The van der Waals surface area contributed by atoms with E-state index in [-0.39, 0.29) is 5.82 Å². The topological polar surface area (TPSA) is 21.3 Å². The molecule has 0 heterocycles. The van der Waals surface area contributed by atoms with Gasteiger partial charge in [0.1, 0.15) is 11.6 Å². The van der Waals surface area contributed by atoms with Gasteiger partial charge in [0.05, 0.1) is 11.1 Å². The second kappa shape index (κ2) is 8.48. The quantitative estimate of drug-likeness (QED) is 0.739. The lowest BCUT2D eigenvalue weighted by atomic mass is 10.3. The van der Waals surface area contributed by atoms with E-state index in [1.807, 2.05) is 0 Å². The molecule has 0 saturated heterocycles. The van der Waals surface area contributed by atoms with Crippen LogP contribution in [0.5, 0.6) is 5.75 Å². The van der Waals surface area contributed by atoms with Crippen molar-refractivity contribution in [2.45, 2.75) is 26.2 Å². The Labute approximate surface area is 111 Å². The number of ether oxygens (including phenoxy) is 1. The molecule has 0 fully saturated rings. The summed E-state index contributed by atoms with van der Waals surface area (Å²) < 4.78 is 18.9. The van der Waals surface area contributed by atoms with Crippen LogP contribution in [0.1, 0.15) is 26.2 Å². The molecule has 0 bridgehead atoms. The summed E-state index contributed by atoms with van der Waals surface area (Å²) in [5.74, 6) is 0.445. The molecule has 0 aliphatic heterocycles. The third-order valence-electron chi connectivity index (χ3n) is 2.33. The summed E-state index contributed by atoms with van der Waals surface area (Å²) in [5, 5.41) is 3.34. The van der Waals surface area contributed by atoms with Crippen LogP contribution in [-0.4, -0.2) is 19.7 Å². The minimum Gasteiger partial charge on any atom is -0.494 e. The van der Waals surface area contributed by atoms with Crippen molar-refractivity contribution in [2.24, 2.45) is 0 Å². The van der Waals surface area contributed by atoms with Gasteiger partial charge in [-0.3, -0.25) is 0 Å². The Hall–Kier alpha value is -0.610. The maximum Gasteiger partial charge on any atom is 0.137 e. The molecule has 0 amide bonds. The van der Waals surface area contributed by atoms with Crippen LogP contribution in [0.4, 0.5) is 4.39 Å². The van der Waals surface area contributed by atoms with Gasteiger partial charge in [-0.1, -0.05) is 6.92 Å². The van der Waals surface area contributed by atoms with Crippen LogP contribution in [-0.2, 0) is 0 Å². The van der Waals surface area contributed by atoms with Crippen molar-refractivity contribution in [3.05, 3.63) is 28.5 Å². The lowest BCUT2D eigenvalue weighted by Gasteiger charge is -2.07. The summed E-state index contributed by atoms with van der Waals surface area (Å²) in [6, 6.07) is 4.71. The first-order chi connectivity index (χ1) is 8.24. The fourth-order valence-electron chi connectivity index (χ4n) is 1.41. The Bertz CT molecular complexity index is 333. The van der Waals surface area contributed by atoms with Crippen LogP contribution in [0.2, 0.25) is 0 Å². The van der Waals surface area contributed by atoms with Crippen molar-refractivity contribution in [3.8, 4) is 5.75 Å². The Balaban J connectivity index is 2.11. The predicted octanol–water partition coefficient (Wildman–Crippen LogP) is 3.75. The van der Waals surface area contributed by atoms with Crippen LogP contribution in [0.15, 0.2) is 22.7 Å². The van der Waals surface area contributed by atoms with Gasteiger partial charge >= 0.3 is 0 Å². The van der Waals surface area contributed by atoms with Crippen molar-refractivity contribution in [1.29, 1.82) is 0 Å². The fourth-order valence-corrected chi connectivity index (χ4v) is 1.77. The zero-order valence-electron chi connectivity index (χ0n) is 10.1. The molecule has 0 aliphatic carbocycles. The van der Waals surface area contributed by atoms with Crippen LogP contribution in [0, 0.1) is 5.82 Å². The minimum absolute atomic E-state index is 0.263. The summed E-state index contributed by atoms with van der Waals surface area (Å²) in [7, 11) is 0. The first-order valence-electron chi connectivity index (χ1n) is 6.02. The lowest BCUT2D eigenvalue weighted by Crippen LogP contribution is -2.16. The monoisotopic (exact) mass is 303 g/mol. The van der Waals surface area contributed by atoms with E-state index in [0.29, 0.717) is 16.8 Å². The third kappa shape index (κ3) is 6.03. The van der Waals surface area contributed by atoms with Crippen molar-refractivity contribution in [2.75, 3.05) is 19.7 Å². The number of halogens is 2. The number of rotatable bonds is 8. The summed E-state index contributed by atoms with van der Waals surface area (Å²) in [5.41, 5.74) is 0. The van der Waals surface area contributed by atoms with E-state index in [0.717, 1.165) is 25.9 Å². The highest BCUT2D eigenvalue weighted by Crippen LogP contribution is 2.21. The Kier molecular flexibility index (Phi) is 7.21. The maximum atomic E-state index is 12.9. The molecule has 0 unspecified atom stereocenters. The third-order valence-corrected chi connectivity index (χ3v) is 2.94. The molecular weight excluding hydrogens is 285 g/mol. The van der Waals surface area contributed by atoms with Crippen molar-refractivity contribution in [3.63, 3.8) is 0 Å². The first-order valence-corrected chi connectivity index (χ1v) is 6.82. The normalized spacial score (nSPS) is 10.5. The van der Waals surface area contributed by atoms with E-state index in [9.17, 15) is 4.39 Å². The predicted molar refractivity (Wildman–Crippen MR) is 72.0 cm³/mol. The molecule has 0 radical (unpaired) electrons. The zero-order chi connectivity index (χ0) is 12.5. The molecule has 1 rings (SSSR count). The van der Waals surface area contributed by atoms with E-state index >= 15 is 0 Å². The van der Waals surface area contributed by atoms with Gasteiger partial charge in [0.15, 0.2) is 0 Å². The van der Waals surface area contributed by atoms with Gasteiger partial charge < -0.3 is 10.1 Å². The molecule has 1 aromatic rings. The number of hydrogen-bond acceptors (Lipinski definition) is 2. The van der Waals surface area contributed by atoms with Gasteiger partial charge in [0, 0.05) is 0 Å². The van der Waals surface area contributed by atoms with Gasteiger partial charge in [0.25, 0.3) is 0 Å². The second-order valence-electron chi connectivity index (χ2n) is 3.88. The van der Waals surface area contributed by atoms with E-state index in [1.165, 1.54) is 12.5 Å². The Morgan fingerprint density at radius 2 is 2.12 bits per heavy atom.